The van der Waals surface area contributed by atoms with E-state index in [4.69, 9.17) is 0 Å². The van der Waals surface area contributed by atoms with Crippen LogP contribution >= 0.6 is 0 Å². The summed E-state index contributed by atoms with van der Waals surface area (Å²) in [6.07, 6.45) is 4.24. The lowest BCUT2D eigenvalue weighted by Gasteiger charge is -2.34. The number of benzene rings is 4. The second-order valence-corrected chi connectivity index (χ2v) is 14.3. The van der Waals surface area contributed by atoms with Crippen LogP contribution in [0.25, 0.3) is 0 Å². The summed E-state index contributed by atoms with van der Waals surface area (Å²) >= 11 is 0. The first-order chi connectivity index (χ1) is 25.4. The van der Waals surface area contributed by atoms with Crippen LogP contribution in [0.5, 0.6) is 0 Å². The van der Waals surface area contributed by atoms with E-state index in [0.717, 1.165) is 62.0 Å². The normalized spacial score (nSPS) is 20.7. The number of carbonyl (C=O) groups is 3. The highest BCUT2D eigenvalue weighted by molar-refractivity contribution is 5.94. The average molecular weight is 700 g/mol. The van der Waals surface area contributed by atoms with Crippen molar-refractivity contribution in [2.45, 2.75) is 82.2 Å². The number of hydrogen-bond acceptors (Lipinski definition) is 5. The Hall–Kier alpha value is -4.79. The number of fused-ring (bicyclic) bond motifs is 1. The molecule has 2 aliphatic rings. The predicted octanol–water partition coefficient (Wildman–Crippen LogP) is 5.89. The lowest BCUT2D eigenvalue weighted by molar-refractivity contribution is -0.144. The predicted molar refractivity (Wildman–Crippen MR) is 206 cm³/mol. The van der Waals surface area contributed by atoms with Gasteiger partial charge < -0.3 is 20.9 Å². The molecular weight excluding hydrogens is 647 g/mol. The zero-order valence-electron chi connectivity index (χ0n) is 30.5. The summed E-state index contributed by atoms with van der Waals surface area (Å²) in [7, 11) is 1.79. The molecule has 8 heteroatoms. The van der Waals surface area contributed by atoms with Crippen molar-refractivity contribution in [2.75, 3.05) is 20.1 Å². The molecule has 272 valence electrons. The molecule has 2 aliphatic heterocycles. The Morgan fingerprint density at radius 3 is 1.90 bits per heavy atom. The highest BCUT2D eigenvalue weighted by Crippen LogP contribution is 2.36. The van der Waals surface area contributed by atoms with Crippen molar-refractivity contribution < 1.29 is 14.4 Å². The van der Waals surface area contributed by atoms with E-state index in [-0.39, 0.29) is 35.7 Å². The first-order valence-electron chi connectivity index (χ1n) is 19.0. The first-order valence-corrected chi connectivity index (χ1v) is 19.0. The third-order valence-corrected chi connectivity index (χ3v) is 11.0. The van der Waals surface area contributed by atoms with Gasteiger partial charge in [0.05, 0.1) is 12.1 Å². The summed E-state index contributed by atoms with van der Waals surface area (Å²) < 4.78 is 0. The fourth-order valence-corrected chi connectivity index (χ4v) is 8.04. The van der Waals surface area contributed by atoms with Gasteiger partial charge in [-0.1, -0.05) is 128 Å². The lowest BCUT2D eigenvalue weighted by atomic mass is 9.89. The van der Waals surface area contributed by atoms with Gasteiger partial charge in [-0.3, -0.25) is 19.3 Å². The molecular formula is C44H53N5O3. The quantitative estimate of drug-likeness (QED) is 0.144. The van der Waals surface area contributed by atoms with Gasteiger partial charge in [0.1, 0.15) is 12.1 Å². The van der Waals surface area contributed by atoms with Crippen LogP contribution in [0.4, 0.5) is 0 Å². The second kappa shape index (κ2) is 18.1. The molecule has 4 aromatic carbocycles. The van der Waals surface area contributed by atoms with Gasteiger partial charge in [0, 0.05) is 12.6 Å². The fraction of sp³-hybridized carbons (Fsp3) is 0.386. The second-order valence-electron chi connectivity index (χ2n) is 14.3. The molecule has 52 heavy (non-hydrogen) atoms. The maximum absolute atomic E-state index is 14.9. The fourth-order valence-electron chi connectivity index (χ4n) is 8.04. The standard InChI is InChI=1S/C44H53N5O3/c1-3-48(31-33-18-10-5-11-19-33)29-28-36-24-25-37-26-27-39(43(51)46-40(34-20-12-6-13-21-34)35-22-14-7-15-23-35)49(37)44(52)41(36)47-42(50)38(45-2)30-32-16-8-4-9-17-32/h4-23,36-41,45H,3,24-31H2,1-2H3,(H,46,51)(H,47,50)/t36-,37+,38-,39+,41+/m1/s1. The molecule has 4 aromatic rings. The molecule has 0 radical (unpaired) electrons. The van der Waals surface area contributed by atoms with Crippen molar-refractivity contribution in [1.29, 1.82) is 0 Å². The molecule has 0 unspecified atom stereocenters. The largest absolute Gasteiger partial charge is 0.343 e. The third-order valence-electron chi connectivity index (χ3n) is 11.0. The molecule has 0 bridgehead atoms. The van der Waals surface area contributed by atoms with Crippen LogP contribution in [0.15, 0.2) is 121 Å². The van der Waals surface area contributed by atoms with Gasteiger partial charge in [-0.2, -0.15) is 0 Å². The molecule has 3 amide bonds. The number of nitrogens with one attached hydrogen (secondary N) is 3. The van der Waals surface area contributed by atoms with Crippen LogP contribution in [0.3, 0.4) is 0 Å². The van der Waals surface area contributed by atoms with Crippen LogP contribution in [0, 0.1) is 5.92 Å². The summed E-state index contributed by atoms with van der Waals surface area (Å²) in [5.41, 5.74) is 4.26. The van der Waals surface area contributed by atoms with Gasteiger partial charge >= 0.3 is 0 Å². The average Bonchev–Trinajstić information content (AvgIpc) is 3.58. The van der Waals surface area contributed by atoms with E-state index in [1.165, 1.54) is 5.56 Å². The summed E-state index contributed by atoms with van der Waals surface area (Å²) in [5.74, 6) is -0.561. The molecule has 0 aliphatic carbocycles. The lowest BCUT2D eigenvalue weighted by Crippen LogP contribution is -2.58. The SMILES string of the molecule is CCN(CC[C@H]1CC[C@H]2CC[C@@H](C(=O)NC(c3ccccc3)c3ccccc3)N2C(=O)[C@H]1NC(=O)[C@@H](Cc1ccccc1)NC)Cc1ccccc1. The maximum Gasteiger partial charge on any atom is 0.246 e. The highest BCUT2D eigenvalue weighted by atomic mass is 16.2. The van der Waals surface area contributed by atoms with Crippen LogP contribution in [0.1, 0.15) is 67.3 Å². The van der Waals surface area contributed by atoms with E-state index < -0.39 is 18.1 Å². The number of rotatable bonds is 15. The van der Waals surface area contributed by atoms with Crippen molar-refractivity contribution in [2.24, 2.45) is 5.92 Å². The summed E-state index contributed by atoms with van der Waals surface area (Å²) in [6.45, 7) is 4.68. The zero-order chi connectivity index (χ0) is 36.3. The Kier molecular flexibility index (Phi) is 12.9. The third kappa shape index (κ3) is 9.16. The highest BCUT2D eigenvalue weighted by Gasteiger charge is 2.48. The minimum atomic E-state index is -0.730. The Balaban J connectivity index is 1.24. The molecule has 0 aromatic heterocycles. The monoisotopic (exact) mass is 699 g/mol. The molecule has 2 heterocycles. The molecule has 0 saturated carbocycles. The number of carbonyl (C=O) groups excluding carboxylic acids is 3. The van der Waals surface area contributed by atoms with Crippen molar-refractivity contribution in [3.63, 3.8) is 0 Å². The van der Waals surface area contributed by atoms with Gasteiger partial charge in [0.15, 0.2) is 0 Å². The van der Waals surface area contributed by atoms with Crippen LogP contribution in [-0.4, -0.2) is 71.8 Å². The zero-order valence-corrected chi connectivity index (χ0v) is 30.5. The van der Waals surface area contributed by atoms with Gasteiger partial charge in [0.25, 0.3) is 0 Å². The van der Waals surface area contributed by atoms with E-state index in [0.29, 0.717) is 12.8 Å². The van der Waals surface area contributed by atoms with Crippen molar-refractivity contribution in [3.05, 3.63) is 144 Å². The number of nitrogens with zero attached hydrogens (tertiary/aromatic N) is 2. The van der Waals surface area contributed by atoms with Crippen LogP contribution < -0.4 is 16.0 Å². The Bertz CT molecular complexity index is 1680. The van der Waals surface area contributed by atoms with E-state index in [1.807, 2.05) is 102 Å². The Labute approximate surface area is 309 Å². The Morgan fingerprint density at radius 1 is 0.769 bits per heavy atom. The van der Waals surface area contributed by atoms with E-state index in [9.17, 15) is 14.4 Å². The van der Waals surface area contributed by atoms with E-state index in [1.54, 1.807) is 7.05 Å². The van der Waals surface area contributed by atoms with Crippen LogP contribution in [0.2, 0.25) is 0 Å². The minimum absolute atomic E-state index is 0.0458. The molecule has 5 atom stereocenters. The maximum atomic E-state index is 14.9. The van der Waals surface area contributed by atoms with Crippen LogP contribution in [-0.2, 0) is 27.3 Å². The topological polar surface area (TPSA) is 93.8 Å². The molecule has 2 fully saturated rings. The number of likely N-dealkylation sites (N-methyl/N-ethyl adjacent to an activating group) is 1. The van der Waals surface area contributed by atoms with Gasteiger partial charge in [0.2, 0.25) is 17.7 Å². The number of hydrogen-bond donors (Lipinski definition) is 3. The number of amides is 3. The molecule has 3 N–H and O–H groups in total. The Morgan fingerprint density at radius 2 is 1.33 bits per heavy atom. The van der Waals surface area contributed by atoms with Crippen molar-refractivity contribution in [3.8, 4) is 0 Å². The van der Waals surface area contributed by atoms with Gasteiger partial charge in [-0.15, -0.1) is 0 Å². The minimum Gasteiger partial charge on any atom is -0.343 e. The molecule has 8 nitrogen and oxygen atoms in total. The summed E-state index contributed by atoms with van der Waals surface area (Å²) in [5, 5.41) is 9.75. The van der Waals surface area contributed by atoms with E-state index >= 15 is 0 Å². The smallest absolute Gasteiger partial charge is 0.246 e. The van der Waals surface area contributed by atoms with E-state index in [2.05, 4.69) is 52.0 Å². The summed E-state index contributed by atoms with van der Waals surface area (Å²) in [6, 6.07) is 38.1. The first kappa shape index (κ1) is 37.0. The van der Waals surface area contributed by atoms with Crippen molar-refractivity contribution >= 4 is 17.7 Å². The molecule has 2 saturated heterocycles. The van der Waals surface area contributed by atoms with Gasteiger partial charge in [-0.25, -0.2) is 0 Å². The summed E-state index contributed by atoms with van der Waals surface area (Å²) in [4.78, 5) is 47.4. The molecule has 0 spiro atoms. The van der Waals surface area contributed by atoms with Crippen molar-refractivity contribution in [1.82, 2.24) is 25.8 Å². The molecule has 6 rings (SSSR count). The van der Waals surface area contributed by atoms with Gasteiger partial charge in [-0.05, 0) is 86.8 Å².